The van der Waals surface area contributed by atoms with Gasteiger partial charge in [-0.25, -0.2) is 4.68 Å². The number of hydrogen-bond donors (Lipinski definition) is 1. The van der Waals surface area contributed by atoms with E-state index in [0.29, 0.717) is 12.0 Å². The molecule has 19 heavy (non-hydrogen) atoms. The maximum Gasteiger partial charge on any atom is 0.0731 e. The van der Waals surface area contributed by atoms with E-state index in [4.69, 9.17) is 5.73 Å². The third-order valence-corrected chi connectivity index (χ3v) is 5.92. The summed E-state index contributed by atoms with van der Waals surface area (Å²) in [7, 11) is 0. The summed E-state index contributed by atoms with van der Waals surface area (Å²) in [6.07, 6.45) is 10.6. The molecule has 1 unspecified atom stereocenters. The molecule has 1 heterocycles. The first-order valence-corrected chi connectivity index (χ1v) is 7.81. The number of nitrogens with zero attached hydrogens (tertiary/aromatic N) is 3. The Morgan fingerprint density at radius 2 is 1.84 bits per heavy atom. The van der Waals surface area contributed by atoms with Gasteiger partial charge >= 0.3 is 0 Å². The van der Waals surface area contributed by atoms with Crippen molar-refractivity contribution in [3.8, 4) is 0 Å². The number of hydrogen-bond acceptors (Lipinski definition) is 3. The Hall–Kier alpha value is -0.900. The van der Waals surface area contributed by atoms with Crippen LogP contribution in [0.3, 0.4) is 0 Å². The fraction of sp³-hybridized carbons (Fsp3) is 0.867. The number of aromatic nitrogens is 3. The second-order valence-corrected chi connectivity index (χ2v) is 7.35. The van der Waals surface area contributed by atoms with Crippen LogP contribution in [0.5, 0.6) is 0 Å². The molecule has 4 fully saturated rings. The molecule has 2 N–H and O–H groups in total. The Morgan fingerprint density at radius 3 is 2.37 bits per heavy atom. The van der Waals surface area contributed by atoms with Crippen molar-refractivity contribution in [2.24, 2.45) is 23.5 Å². The predicted octanol–water partition coefficient (Wildman–Crippen LogP) is 2.27. The molecule has 1 atom stereocenters. The first-order valence-electron chi connectivity index (χ1n) is 7.81. The van der Waals surface area contributed by atoms with Crippen LogP contribution in [-0.2, 0) is 5.41 Å². The molecule has 0 aliphatic heterocycles. The highest BCUT2D eigenvalue weighted by Crippen LogP contribution is 2.60. The van der Waals surface area contributed by atoms with Crippen molar-refractivity contribution >= 4 is 0 Å². The van der Waals surface area contributed by atoms with E-state index >= 15 is 0 Å². The summed E-state index contributed by atoms with van der Waals surface area (Å²) < 4.78 is 2.12. The van der Waals surface area contributed by atoms with Gasteiger partial charge in [-0.3, -0.25) is 0 Å². The van der Waals surface area contributed by atoms with E-state index in [-0.39, 0.29) is 6.04 Å². The number of rotatable bonds is 3. The molecule has 4 heteroatoms. The zero-order valence-electron chi connectivity index (χ0n) is 11.8. The minimum absolute atomic E-state index is 0.269. The highest BCUT2D eigenvalue weighted by Gasteiger charge is 2.53. The highest BCUT2D eigenvalue weighted by molar-refractivity contribution is 5.21. The van der Waals surface area contributed by atoms with Crippen molar-refractivity contribution in [3.63, 3.8) is 0 Å². The first-order chi connectivity index (χ1) is 9.20. The molecule has 5 rings (SSSR count). The predicted molar refractivity (Wildman–Crippen MR) is 73.6 cm³/mol. The molecule has 0 aromatic carbocycles. The molecule has 4 nitrogen and oxygen atoms in total. The van der Waals surface area contributed by atoms with Gasteiger partial charge in [0.25, 0.3) is 0 Å². The van der Waals surface area contributed by atoms with E-state index in [1.54, 1.807) is 0 Å². The van der Waals surface area contributed by atoms with E-state index in [2.05, 4.69) is 21.9 Å². The van der Waals surface area contributed by atoms with E-state index in [1.807, 2.05) is 6.20 Å². The Bertz CT molecular complexity index is 443. The molecule has 104 valence electrons. The molecule has 4 bridgehead atoms. The quantitative estimate of drug-likeness (QED) is 0.907. The molecule has 1 aromatic rings. The lowest BCUT2D eigenvalue weighted by Gasteiger charge is -2.56. The van der Waals surface area contributed by atoms with Crippen molar-refractivity contribution in [3.05, 3.63) is 11.9 Å². The molecular formula is C15H24N4. The average Bonchev–Trinajstić information content (AvgIpc) is 2.86. The Kier molecular flexibility index (Phi) is 2.53. The van der Waals surface area contributed by atoms with Crippen molar-refractivity contribution in [2.75, 3.05) is 6.54 Å². The Labute approximate surface area is 114 Å². The van der Waals surface area contributed by atoms with Crippen molar-refractivity contribution in [2.45, 2.75) is 56.9 Å². The molecular weight excluding hydrogens is 236 g/mol. The van der Waals surface area contributed by atoms with Gasteiger partial charge in [0.15, 0.2) is 0 Å². The van der Waals surface area contributed by atoms with Gasteiger partial charge in [-0.1, -0.05) is 5.21 Å². The molecule has 0 amide bonds. The van der Waals surface area contributed by atoms with Gasteiger partial charge in [-0.05, 0) is 63.2 Å². The minimum atomic E-state index is 0.269. The smallest absolute Gasteiger partial charge is 0.0731 e. The summed E-state index contributed by atoms with van der Waals surface area (Å²) in [5, 5.41) is 8.54. The SMILES string of the molecule is CC(CN)n1nncc1C12CC3CC(CC(C3)C1)C2. The van der Waals surface area contributed by atoms with E-state index < -0.39 is 0 Å². The monoisotopic (exact) mass is 260 g/mol. The summed E-state index contributed by atoms with van der Waals surface area (Å²) in [6, 6.07) is 0.269. The van der Waals surface area contributed by atoms with Gasteiger partial charge in [-0.2, -0.15) is 0 Å². The molecule has 4 saturated carbocycles. The van der Waals surface area contributed by atoms with Gasteiger partial charge < -0.3 is 5.73 Å². The van der Waals surface area contributed by atoms with Crippen LogP contribution in [0.15, 0.2) is 6.20 Å². The molecule has 0 saturated heterocycles. The van der Waals surface area contributed by atoms with Crippen LogP contribution >= 0.6 is 0 Å². The topological polar surface area (TPSA) is 56.7 Å². The van der Waals surface area contributed by atoms with Crippen LogP contribution in [0.25, 0.3) is 0 Å². The van der Waals surface area contributed by atoms with Gasteiger partial charge in [-0.15, -0.1) is 5.10 Å². The molecule has 4 aliphatic carbocycles. The summed E-state index contributed by atoms with van der Waals surface area (Å²) in [6.45, 7) is 2.79. The standard InChI is InChI=1S/C15H24N4/c1-10(8-16)19-14(9-17-18-19)15-5-11-2-12(6-15)4-13(3-11)7-15/h9-13H,2-8,16H2,1H3. The average molecular weight is 260 g/mol. The van der Waals surface area contributed by atoms with E-state index in [9.17, 15) is 0 Å². The van der Waals surface area contributed by atoms with Crippen LogP contribution < -0.4 is 5.73 Å². The summed E-state index contributed by atoms with van der Waals surface area (Å²) >= 11 is 0. The van der Waals surface area contributed by atoms with Crippen LogP contribution in [0.1, 0.15) is 57.2 Å². The van der Waals surface area contributed by atoms with E-state index in [0.717, 1.165) is 17.8 Å². The fourth-order valence-electron chi connectivity index (χ4n) is 5.47. The second kappa shape index (κ2) is 4.05. The zero-order chi connectivity index (χ0) is 13.0. The summed E-state index contributed by atoms with van der Waals surface area (Å²) in [4.78, 5) is 0. The van der Waals surface area contributed by atoms with E-state index in [1.165, 1.54) is 44.2 Å². The van der Waals surface area contributed by atoms with Crippen LogP contribution in [0.4, 0.5) is 0 Å². The van der Waals surface area contributed by atoms with Crippen molar-refractivity contribution in [1.82, 2.24) is 15.0 Å². The normalized spacial score (nSPS) is 41.7. The van der Waals surface area contributed by atoms with Crippen LogP contribution in [-0.4, -0.2) is 21.5 Å². The van der Waals surface area contributed by atoms with Gasteiger partial charge in [0, 0.05) is 12.0 Å². The maximum atomic E-state index is 5.84. The highest BCUT2D eigenvalue weighted by atomic mass is 15.4. The zero-order valence-corrected chi connectivity index (χ0v) is 11.8. The lowest BCUT2D eigenvalue weighted by Crippen LogP contribution is -2.49. The van der Waals surface area contributed by atoms with Gasteiger partial charge in [0.1, 0.15) is 0 Å². The van der Waals surface area contributed by atoms with Crippen molar-refractivity contribution in [1.29, 1.82) is 0 Å². The Morgan fingerprint density at radius 1 is 1.26 bits per heavy atom. The molecule has 0 spiro atoms. The lowest BCUT2D eigenvalue weighted by molar-refractivity contribution is -0.00983. The Balaban J connectivity index is 1.74. The largest absolute Gasteiger partial charge is 0.328 e. The number of nitrogens with two attached hydrogens (primary N) is 1. The minimum Gasteiger partial charge on any atom is -0.328 e. The van der Waals surface area contributed by atoms with Crippen LogP contribution in [0, 0.1) is 17.8 Å². The molecule has 0 radical (unpaired) electrons. The summed E-state index contributed by atoms with van der Waals surface area (Å²) in [5.41, 5.74) is 7.59. The van der Waals surface area contributed by atoms with Crippen molar-refractivity contribution < 1.29 is 0 Å². The third kappa shape index (κ3) is 1.69. The maximum absolute atomic E-state index is 5.84. The van der Waals surface area contributed by atoms with Gasteiger partial charge in [0.2, 0.25) is 0 Å². The summed E-state index contributed by atoms with van der Waals surface area (Å²) in [5.74, 6) is 2.88. The first kappa shape index (κ1) is 11.9. The second-order valence-electron chi connectivity index (χ2n) is 7.35. The van der Waals surface area contributed by atoms with Crippen LogP contribution in [0.2, 0.25) is 0 Å². The fourth-order valence-corrected chi connectivity index (χ4v) is 5.47. The molecule has 4 aliphatic rings. The third-order valence-electron chi connectivity index (χ3n) is 5.92. The molecule has 1 aromatic heterocycles. The lowest BCUT2D eigenvalue weighted by atomic mass is 9.49. The van der Waals surface area contributed by atoms with Gasteiger partial charge in [0.05, 0.1) is 17.9 Å².